The van der Waals surface area contributed by atoms with Crippen molar-refractivity contribution in [2.75, 3.05) is 6.54 Å². The largest absolute Gasteiger partial charge is 0.458 e. The van der Waals surface area contributed by atoms with Gasteiger partial charge >= 0.3 is 5.97 Å². The van der Waals surface area contributed by atoms with Crippen LogP contribution in [0.1, 0.15) is 29.3 Å². The Labute approximate surface area is 87.1 Å². The van der Waals surface area contributed by atoms with E-state index in [0.29, 0.717) is 18.7 Å². The first-order valence-electron chi connectivity index (χ1n) is 4.49. The van der Waals surface area contributed by atoms with Crippen molar-refractivity contribution in [2.45, 2.75) is 26.4 Å². The van der Waals surface area contributed by atoms with Crippen molar-refractivity contribution in [1.82, 2.24) is 4.98 Å². The second kappa shape index (κ2) is 5.07. The maximum absolute atomic E-state index is 11.4. The van der Waals surface area contributed by atoms with Crippen LogP contribution in [-0.2, 0) is 11.2 Å². The van der Waals surface area contributed by atoms with Crippen molar-refractivity contribution < 1.29 is 9.53 Å². The maximum atomic E-state index is 11.4. The molecule has 0 aliphatic rings. The van der Waals surface area contributed by atoms with Crippen LogP contribution in [0.25, 0.3) is 0 Å². The Hall–Kier alpha value is -0.940. The average Bonchev–Trinajstić information content (AvgIpc) is 2.52. The minimum absolute atomic E-state index is 0.109. The molecule has 14 heavy (non-hydrogen) atoms. The molecule has 0 aliphatic heterocycles. The van der Waals surface area contributed by atoms with Gasteiger partial charge in [0.05, 0.1) is 11.1 Å². The van der Waals surface area contributed by atoms with E-state index in [1.54, 1.807) is 5.38 Å². The zero-order chi connectivity index (χ0) is 10.6. The molecule has 1 aromatic rings. The van der Waals surface area contributed by atoms with Gasteiger partial charge in [-0.15, -0.1) is 11.3 Å². The third-order valence-corrected chi connectivity index (χ3v) is 2.37. The molecule has 0 atom stereocenters. The fourth-order valence-electron chi connectivity index (χ4n) is 0.917. The maximum Gasteiger partial charge on any atom is 0.358 e. The van der Waals surface area contributed by atoms with Crippen molar-refractivity contribution in [3.8, 4) is 0 Å². The van der Waals surface area contributed by atoms with Gasteiger partial charge in [-0.25, -0.2) is 9.78 Å². The van der Waals surface area contributed by atoms with Crippen LogP contribution in [0.2, 0.25) is 0 Å². The standard InChI is InChI=1S/C9H14N2O2S/c1-6(2)13-9(12)7-5-14-8(11-7)3-4-10/h5-6H,3-4,10H2,1-2H3. The van der Waals surface area contributed by atoms with Crippen LogP contribution < -0.4 is 5.73 Å². The van der Waals surface area contributed by atoms with E-state index in [4.69, 9.17) is 10.5 Å². The van der Waals surface area contributed by atoms with Crippen LogP contribution in [0.5, 0.6) is 0 Å². The monoisotopic (exact) mass is 214 g/mol. The number of rotatable bonds is 4. The third kappa shape index (κ3) is 3.08. The lowest BCUT2D eigenvalue weighted by Crippen LogP contribution is -2.12. The molecule has 0 radical (unpaired) electrons. The molecule has 0 amide bonds. The first-order valence-corrected chi connectivity index (χ1v) is 5.37. The lowest BCUT2D eigenvalue weighted by Gasteiger charge is -2.04. The Balaban J connectivity index is 2.62. The Morgan fingerprint density at radius 2 is 2.43 bits per heavy atom. The molecule has 2 N–H and O–H groups in total. The molecular formula is C9H14N2O2S. The SMILES string of the molecule is CC(C)OC(=O)c1csc(CCN)n1. The molecule has 5 heteroatoms. The van der Waals surface area contributed by atoms with E-state index >= 15 is 0 Å². The van der Waals surface area contributed by atoms with Gasteiger partial charge in [-0.05, 0) is 20.4 Å². The number of nitrogens with two attached hydrogens (primary N) is 1. The lowest BCUT2D eigenvalue weighted by molar-refractivity contribution is 0.0371. The first kappa shape index (κ1) is 11.1. The molecular weight excluding hydrogens is 200 g/mol. The number of hydrogen-bond donors (Lipinski definition) is 1. The Morgan fingerprint density at radius 1 is 1.71 bits per heavy atom. The normalized spacial score (nSPS) is 10.6. The highest BCUT2D eigenvalue weighted by Crippen LogP contribution is 2.11. The fourth-order valence-corrected chi connectivity index (χ4v) is 1.70. The molecule has 78 valence electrons. The molecule has 0 aliphatic carbocycles. The van der Waals surface area contributed by atoms with Gasteiger partial charge in [-0.1, -0.05) is 0 Å². The van der Waals surface area contributed by atoms with Crippen LogP contribution in [0, 0.1) is 0 Å². The summed E-state index contributed by atoms with van der Waals surface area (Å²) in [4.78, 5) is 15.5. The van der Waals surface area contributed by atoms with Crippen LogP contribution in [-0.4, -0.2) is 23.6 Å². The summed E-state index contributed by atoms with van der Waals surface area (Å²) in [5.41, 5.74) is 5.76. The highest BCUT2D eigenvalue weighted by Gasteiger charge is 2.12. The Morgan fingerprint density at radius 3 is 3.00 bits per heavy atom. The first-order chi connectivity index (χ1) is 6.63. The summed E-state index contributed by atoms with van der Waals surface area (Å²) in [6.45, 7) is 4.17. The molecule has 1 rings (SSSR count). The molecule has 0 spiro atoms. The van der Waals surface area contributed by atoms with Crippen molar-refractivity contribution in [2.24, 2.45) is 5.73 Å². The van der Waals surface area contributed by atoms with E-state index in [1.807, 2.05) is 13.8 Å². The van der Waals surface area contributed by atoms with Crippen LogP contribution in [0.4, 0.5) is 0 Å². The van der Waals surface area contributed by atoms with Gasteiger partial charge in [-0.2, -0.15) is 0 Å². The molecule has 0 unspecified atom stereocenters. The molecule has 4 nitrogen and oxygen atoms in total. The van der Waals surface area contributed by atoms with E-state index in [2.05, 4.69) is 4.98 Å². The highest BCUT2D eigenvalue weighted by molar-refractivity contribution is 7.09. The van der Waals surface area contributed by atoms with Gasteiger partial charge in [0, 0.05) is 11.8 Å². The van der Waals surface area contributed by atoms with Crippen molar-refractivity contribution in [1.29, 1.82) is 0 Å². The van der Waals surface area contributed by atoms with Gasteiger partial charge < -0.3 is 10.5 Å². The van der Waals surface area contributed by atoms with Crippen LogP contribution in [0.15, 0.2) is 5.38 Å². The van der Waals surface area contributed by atoms with Crippen molar-refractivity contribution in [3.63, 3.8) is 0 Å². The number of nitrogens with zero attached hydrogens (tertiary/aromatic N) is 1. The van der Waals surface area contributed by atoms with E-state index in [9.17, 15) is 4.79 Å². The summed E-state index contributed by atoms with van der Waals surface area (Å²) in [5.74, 6) is -0.362. The van der Waals surface area contributed by atoms with E-state index in [0.717, 1.165) is 5.01 Å². The van der Waals surface area contributed by atoms with Gasteiger partial charge in [0.1, 0.15) is 0 Å². The third-order valence-electron chi connectivity index (χ3n) is 1.46. The summed E-state index contributed by atoms with van der Waals surface area (Å²) in [7, 11) is 0. The molecule has 0 saturated heterocycles. The second-order valence-corrected chi connectivity index (χ2v) is 4.06. The zero-order valence-corrected chi connectivity index (χ0v) is 9.13. The smallest absolute Gasteiger partial charge is 0.358 e. The quantitative estimate of drug-likeness (QED) is 0.765. The van der Waals surface area contributed by atoms with Gasteiger partial charge in [0.25, 0.3) is 0 Å². The van der Waals surface area contributed by atoms with Gasteiger partial charge in [-0.3, -0.25) is 0 Å². The van der Waals surface area contributed by atoms with Crippen molar-refractivity contribution >= 4 is 17.3 Å². The number of hydrogen-bond acceptors (Lipinski definition) is 5. The molecule has 0 saturated carbocycles. The lowest BCUT2D eigenvalue weighted by atomic mass is 10.4. The minimum Gasteiger partial charge on any atom is -0.458 e. The molecule has 0 bridgehead atoms. The predicted octanol–water partition coefficient (Wildman–Crippen LogP) is 1.21. The average molecular weight is 214 g/mol. The molecule has 1 aromatic heterocycles. The van der Waals surface area contributed by atoms with Gasteiger partial charge in [0.2, 0.25) is 0 Å². The number of carbonyl (C=O) groups is 1. The van der Waals surface area contributed by atoms with Gasteiger partial charge in [0.15, 0.2) is 5.69 Å². The number of ether oxygens (including phenoxy) is 1. The number of thiazole rings is 1. The minimum atomic E-state index is -0.362. The van der Waals surface area contributed by atoms with E-state index in [-0.39, 0.29) is 12.1 Å². The molecule has 0 aromatic carbocycles. The highest BCUT2D eigenvalue weighted by atomic mass is 32.1. The number of esters is 1. The fraction of sp³-hybridized carbons (Fsp3) is 0.556. The van der Waals surface area contributed by atoms with E-state index in [1.165, 1.54) is 11.3 Å². The Kier molecular flexibility index (Phi) is 4.03. The predicted molar refractivity (Wildman–Crippen MR) is 55.4 cm³/mol. The summed E-state index contributed by atoms with van der Waals surface area (Å²) < 4.78 is 5.00. The van der Waals surface area contributed by atoms with Crippen LogP contribution in [0.3, 0.4) is 0 Å². The zero-order valence-electron chi connectivity index (χ0n) is 8.32. The summed E-state index contributed by atoms with van der Waals surface area (Å²) in [6, 6.07) is 0. The second-order valence-electron chi connectivity index (χ2n) is 3.12. The topological polar surface area (TPSA) is 65.2 Å². The molecule has 1 heterocycles. The Bertz CT molecular complexity index is 310. The summed E-state index contributed by atoms with van der Waals surface area (Å²) >= 11 is 1.44. The van der Waals surface area contributed by atoms with Crippen molar-refractivity contribution in [3.05, 3.63) is 16.1 Å². The van der Waals surface area contributed by atoms with E-state index < -0.39 is 0 Å². The molecule has 0 fully saturated rings. The summed E-state index contributed by atoms with van der Waals surface area (Å²) in [5, 5.41) is 2.58. The number of carbonyl (C=O) groups excluding carboxylic acids is 1. The van der Waals surface area contributed by atoms with Crippen LogP contribution >= 0.6 is 11.3 Å². The summed E-state index contributed by atoms with van der Waals surface area (Å²) in [6.07, 6.45) is 0.599. The number of aromatic nitrogens is 1.